The van der Waals surface area contributed by atoms with Gasteiger partial charge in [-0.05, 0) is 37.1 Å². The van der Waals surface area contributed by atoms with Crippen LogP contribution in [0.5, 0.6) is 0 Å². The standard InChI is InChI=1S/C20H20N2O/c1-15-8-6-7-11-18(15)14-20(23)21-22-16(2)12-13-19(22)17-9-4-3-5-10-17/h3-13H,14H2,1-2H3,(H,21,23). The SMILES string of the molecule is Cc1ccccc1CC(=O)Nn1c(C)ccc1-c1ccccc1. The molecule has 3 rings (SSSR count). The van der Waals surface area contributed by atoms with E-state index in [0.717, 1.165) is 28.1 Å². The lowest BCUT2D eigenvalue weighted by Crippen LogP contribution is -2.26. The van der Waals surface area contributed by atoms with Gasteiger partial charge < -0.3 is 0 Å². The van der Waals surface area contributed by atoms with Crippen molar-refractivity contribution in [2.24, 2.45) is 0 Å². The summed E-state index contributed by atoms with van der Waals surface area (Å²) in [6.45, 7) is 4.01. The van der Waals surface area contributed by atoms with Gasteiger partial charge in [-0.15, -0.1) is 0 Å². The highest BCUT2D eigenvalue weighted by molar-refractivity contribution is 5.87. The average Bonchev–Trinajstić information content (AvgIpc) is 2.91. The highest BCUT2D eigenvalue weighted by Crippen LogP contribution is 2.21. The van der Waals surface area contributed by atoms with Crippen LogP contribution in [0.1, 0.15) is 16.8 Å². The van der Waals surface area contributed by atoms with Gasteiger partial charge in [0, 0.05) is 11.3 Å². The molecular formula is C20H20N2O. The molecule has 0 fully saturated rings. The summed E-state index contributed by atoms with van der Waals surface area (Å²) in [6.07, 6.45) is 0.374. The average molecular weight is 304 g/mol. The molecule has 0 aliphatic rings. The van der Waals surface area contributed by atoms with Gasteiger partial charge in [0.15, 0.2) is 0 Å². The predicted octanol–water partition coefficient (Wildman–Crippen LogP) is 4.08. The number of nitrogens with zero attached hydrogens (tertiary/aromatic N) is 1. The Morgan fingerprint density at radius 2 is 1.61 bits per heavy atom. The van der Waals surface area contributed by atoms with E-state index in [1.54, 1.807) is 0 Å². The monoisotopic (exact) mass is 304 g/mol. The van der Waals surface area contributed by atoms with Crippen LogP contribution >= 0.6 is 0 Å². The van der Waals surface area contributed by atoms with Gasteiger partial charge in [0.1, 0.15) is 0 Å². The normalized spacial score (nSPS) is 10.5. The lowest BCUT2D eigenvalue weighted by molar-refractivity contribution is -0.116. The number of carbonyl (C=O) groups excluding carboxylic acids is 1. The minimum absolute atomic E-state index is 0.0178. The van der Waals surface area contributed by atoms with E-state index in [1.165, 1.54) is 0 Å². The second-order valence-corrected chi connectivity index (χ2v) is 5.70. The van der Waals surface area contributed by atoms with Crippen LogP contribution in [-0.2, 0) is 11.2 Å². The first-order chi connectivity index (χ1) is 11.1. The zero-order valence-electron chi connectivity index (χ0n) is 13.4. The minimum Gasteiger partial charge on any atom is -0.273 e. The molecule has 1 heterocycles. The molecule has 1 amide bonds. The molecule has 3 nitrogen and oxygen atoms in total. The number of hydrogen-bond acceptors (Lipinski definition) is 1. The Labute approximate surface area is 136 Å². The Balaban J connectivity index is 1.82. The first kappa shape index (κ1) is 15.1. The highest BCUT2D eigenvalue weighted by atomic mass is 16.2. The fraction of sp³-hybridized carbons (Fsp3) is 0.150. The fourth-order valence-electron chi connectivity index (χ4n) is 2.67. The lowest BCUT2D eigenvalue weighted by atomic mass is 10.1. The lowest BCUT2D eigenvalue weighted by Gasteiger charge is -2.14. The van der Waals surface area contributed by atoms with Crippen LogP contribution in [0.3, 0.4) is 0 Å². The molecule has 0 atom stereocenters. The first-order valence-electron chi connectivity index (χ1n) is 7.73. The second-order valence-electron chi connectivity index (χ2n) is 5.70. The Kier molecular flexibility index (Phi) is 4.29. The van der Waals surface area contributed by atoms with E-state index >= 15 is 0 Å². The van der Waals surface area contributed by atoms with E-state index in [-0.39, 0.29) is 5.91 Å². The molecule has 3 heteroatoms. The number of aryl methyl sites for hydroxylation is 2. The quantitative estimate of drug-likeness (QED) is 0.774. The molecule has 0 unspecified atom stereocenters. The molecule has 0 spiro atoms. The van der Waals surface area contributed by atoms with Crippen molar-refractivity contribution in [2.45, 2.75) is 20.3 Å². The summed E-state index contributed by atoms with van der Waals surface area (Å²) >= 11 is 0. The van der Waals surface area contributed by atoms with E-state index in [0.29, 0.717) is 6.42 Å². The van der Waals surface area contributed by atoms with Gasteiger partial charge in [-0.3, -0.25) is 14.9 Å². The van der Waals surface area contributed by atoms with Gasteiger partial charge >= 0.3 is 0 Å². The molecule has 1 N–H and O–H groups in total. The van der Waals surface area contributed by atoms with E-state index in [9.17, 15) is 4.79 Å². The van der Waals surface area contributed by atoms with Crippen molar-refractivity contribution in [2.75, 3.05) is 5.43 Å². The zero-order valence-corrected chi connectivity index (χ0v) is 13.4. The highest BCUT2D eigenvalue weighted by Gasteiger charge is 2.11. The maximum absolute atomic E-state index is 12.4. The van der Waals surface area contributed by atoms with Gasteiger partial charge in [0.25, 0.3) is 0 Å². The third-order valence-corrected chi connectivity index (χ3v) is 3.99. The van der Waals surface area contributed by atoms with Gasteiger partial charge in [0.05, 0.1) is 12.1 Å². The Morgan fingerprint density at radius 3 is 2.35 bits per heavy atom. The number of benzene rings is 2. The largest absolute Gasteiger partial charge is 0.273 e. The summed E-state index contributed by atoms with van der Waals surface area (Å²) in [5.41, 5.74) is 8.27. The molecular weight excluding hydrogens is 284 g/mol. The predicted molar refractivity (Wildman–Crippen MR) is 93.9 cm³/mol. The van der Waals surface area contributed by atoms with Crippen molar-refractivity contribution in [3.63, 3.8) is 0 Å². The molecule has 1 aromatic heterocycles. The van der Waals surface area contributed by atoms with Crippen molar-refractivity contribution in [1.29, 1.82) is 0 Å². The molecule has 0 saturated heterocycles. The number of nitrogens with one attached hydrogen (secondary N) is 1. The fourth-order valence-corrected chi connectivity index (χ4v) is 2.67. The molecule has 23 heavy (non-hydrogen) atoms. The number of aromatic nitrogens is 1. The minimum atomic E-state index is -0.0178. The molecule has 0 aliphatic heterocycles. The Hall–Kier alpha value is -2.81. The van der Waals surface area contributed by atoms with Crippen LogP contribution in [0, 0.1) is 13.8 Å². The molecule has 0 saturated carbocycles. The molecule has 116 valence electrons. The van der Waals surface area contributed by atoms with Crippen LogP contribution in [-0.4, -0.2) is 10.6 Å². The summed E-state index contributed by atoms with van der Waals surface area (Å²) in [4.78, 5) is 12.4. The van der Waals surface area contributed by atoms with Crippen molar-refractivity contribution < 1.29 is 4.79 Å². The third kappa shape index (κ3) is 3.34. The Morgan fingerprint density at radius 1 is 0.913 bits per heavy atom. The van der Waals surface area contributed by atoms with Crippen LogP contribution in [0.2, 0.25) is 0 Å². The molecule has 3 aromatic rings. The van der Waals surface area contributed by atoms with Crippen molar-refractivity contribution in [3.05, 3.63) is 83.6 Å². The van der Waals surface area contributed by atoms with Gasteiger partial charge in [-0.1, -0.05) is 54.6 Å². The summed E-state index contributed by atoms with van der Waals surface area (Å²) in [7, 11) is 0. The van der Waals surface area contributed by atoms with Gasteiger partial charge in [-0.25, -0.2) is 0 Å². The molecule has 0 radical (unpaired) electrons. The number of carbonyl (C=O) groups is 1. The molecule has 0 bridgehead atoms. The second kappa shape index (κ2) is 6.53. The van der Waals surface area contributed by atoms with E-state index in [4.69, 9.17) is 0 Å². The van der Waals surface area contributed by atoms with Crippen molar-refractivity contribution in [1.82, 2.24) is 4.68 Å². The summed E-state index contributed by atoms with van der Waals surface area (Å²) < 4.78 is 1.86. The van der Waals surface area contributed by atoms with Gasteiger partial charge in [0.2, 0.25) is 5.91 Å². The van der Waals surface area contributed by atoms with Crippen LogP contribution in [0.15, 0.2) is 66.7 Å². The summed E-state index contributed by atoms with van der Waals surface area (Å²) in [6, 6.07) is 22.1. The van der Waals surface area contributed by atoms with Crippen LogP contribution in [0.4, 0.5) is 0 Å². The van der Waals surface area contributed by atoms with E-state index in [2.05, 4.69) is 5.43 Å². The van der Waals surface area contributed by atoms with Crippen LogP contribution < -0.4 is 5.43 Å². The maximum Gasteiger partial charge on any atom is 0.243 e. The van der Waals surface area contributed by atoms with Crippen molar-refractivity contribution in [3.8, 4) is 11.3 Å². The van der Waals surface area contributed by atoms with E-state index in [1.807, 2.05) is 85.3 Å². The van der Waals surface area contributed by atoms with Crippen LogP contribution in [0.25, 0.3) is 11.3 Å². The number of hydrogen-bond donors (Lipinski definition) is 1. The number of amides is 1. The molecule has 2 aromatic carbocycles. The zero-order chi connectivity index (χ0) is 16.2. The topological polar surface area (TPSA) is 34.0 Å². The van der Waals surface area contributed by atoms with Crippen molar-refractivity contribution >= 4 is 5.91 Å². The molecule has 0 aliphatic carbocycles. The van der Waals surface area contributed by atoms with E-state index < -0.39 is 0 Å². The smallest absolute Gasteiger partial charge is 0.243 e. The summed E-state index contributed by atoms with van der Waals surface area (Å²) in [5.74, 6) is -0.0178. The van der Waals surface area contributed by atoms with Gasteiger partial charge in [-0.2, -0.15) is 0 Å². The maximum atomic E-state index is 12.4. The Bertz CT molecular complexity index is 819. The summed E-state index contributed by atoms with van der Waals surface area (Å²) in [5, 5.41) is 0. The first-order valence-corrected chi connectivity index (χ1v) is 7.73. The number of rotatable bonds is 4. The third-order valence-electron chi connectivity index (χ3n) is 3.99.